The first-order chi connectivity index (χ1) is 18.9. The number of nitrogens with one attached hydrogen (secondary N) is 3. The number of nitrogens with zero attached hydrogens (tertiary/aromatic N) is 1. The van der Waals surface area contributed by atoms with Gasteiger partial charge in [0, 0.05) is 29.3 Å². The summed E-state index contributed by atoms with van der Waals surface area (Å²) >= 11 is 3.40. The highest BCUT2D eigenvalue weighted by Gasteiger charge is 2.15. The maximum Gasteiger partial charge on any atom is 0.262 e. The Morgan fingerprint density at radius 1 is 1.15 bits per heavy atom. The topological polar surface area (TPSA) is 116 Å². The van der Waals surface area contributed by atoms with E-state index in [-0.39, 0.29) is 17.9 Å². The fourth-order valence-electron chi connectivity index (χ4n) is 3.89. The largest absolute Gasteiger partial charge is 0.493 e. The number of benzene rings is 3. The predicted octanol–water partition coefficient (Wildman–Crippen LogP) is 5.36. The van der Waals surface area contributed by atoms with Gasteiger partial charge in [0.15, 0.2) is 18.1 Å². The number of carbonyl (C=O) groups is 2. The van der Waals surface area contributed by atoms with Gasteiger partial charge in [-0.3, -0.25) is 9.59 Å². The molecule has 3 N–H and O–H groups in total. The summed E-state index contributed by atoms with van der Waals surface area (Å²) in [7, 11) is 1.43. The fraction of sp³-hybridized carbons (Fsp3) is 0.138. The smallest absolute Gasteiger partial charge is 0.262 e. The normalized spacial score (nSPS) is 11.1. The molecule has 4 aromatic rings. The fourth-order valence-corrected chi connectivity index (χ4v) is 4.47. The van der Waals surface area contributed by atoms with Crippen LogP contribution in [0.2, 0.25) is 0 Å². The van der Waals surface area contributed by atoms with Crippen molar-refractivity contribution in [2.24, 2.45) is 0 Å². The highest BCUT2D eigenvalue weighted by molar-refractivity contribution is 9.10. The number of hydrogen-bond acceptors (Lipinski definition) is 5. The number of hydrogen-bond donors (Lipinski definition) is 3. The molecule has 0 saturated carbocycles. The van der Waals surface area contributed by atoms with E-state index in [9.17, 15) is 19.2 Å². The van der Waals surface area contributed by atoms with Crippen LogP contribution in [0, 0.1) is 17.1 Å². The number of rotatable bonds is 10. The molecule has 10 heteroatoms. The van der Waals surface area contributed by atoms with E-state index in [0.717, 1.165) is 16.5 Å². The van der Waals surface area contributed by atoms with E-state index in [4.69, 9.17) is 9.47 Å². The van der Waals surface area contributed by atoms with Crippen LogP contribution in [0.5, 0.6) is 11.5 Å². The van der Waals surface area contributed by atoms with Gasteiger partial charge in [0.1, 0.15) is 17.5 Å². The summed E-state index contributed by atoms with van der Waals surface area (Å²) in [4.78, 5) is 28.1. The number of aromatic nitrogens is 1. The zero-order valence-corrected chi connectivity index (χ0v) is 22.5. The third kappa shape index (κ3) is 7.03. The number of para-hydroxylation sites is 1. The van der Waals surface area contributed by atoms with Gasteiger partial charge in [0.25, 0.3) is 11.8 Å². The molecule has 0 aliphatic carbocycles. The number of carbonyl (C=O) groups excluding carboxylic acids is 2. The van der Waals surface area contributed by atoms with Gasteiger partial charge in [-0.1, -0.05) is 18.2 Å². The molecule has 0 atom stereocenters. The van der Waals surface area contributed by atoms with Gasteiger partial charge in [0.2, 0.25) is 0 Å². The number of fused-ring (bicyclic) bond motifs is 1. The van der Waals surface area contributed by atoms with Gasteiger partial charge in [-0.05, 0) is 82.0 Å². The standard InChI is InChI=1S/C29H24BrFN4O4/c1-38-26-14-18(13-24(30)28(26)39-17-27(36)35-22-8-6-21(31)7-9-22)12-20(15-32)29(37)33-11-10-19-16-34-25-5-3-2-4-23(19)25/h2-9,12-14,16,34H,10-11,17H2,1H3,(H,33,37)(H,35,36)/b20-12-. The van der Waals surface area contributed by atoms with Crippen LogP contribution >= 0.6 is 15.9 Å². The van der Waals surface area contributed by atoms with Gasteiger partial charge in [-0.2, -0.15) is 5.26 Å². The number of nitriles is 1. The molecule has 0 saturated heterocycles. The quantitative estimate of drug-likeness (QED) is 0.170. The molecule has 0 aliphatic rings. The van der Waals surface area contributed by atoms with E-state index in [0.29, 0.717) is 34.4 Å². The molecule has 8 nitrogen and oxygen atoms in total. The number of anilines is 1. The lowest BCUT2D eigenvalue weighted by Crippen LogP contribution is -2.26. The summed E-state index contributed by atoms with van der Waals surface area (Å²) in [6, 6.07) is 18.4. The van der Waals surface area contributed by atoms with Crippen LogP contribution in [0.4, 0.5) is 10.1 Å². The average molecular weight is 591 g/mol. The Balaban J connectivity index is 1.39. The van der Waals surface area contributed by atoms with Crippen LogP contribution < -0.4 is 20.1 Å². The van der Waals surface area contributed by atoms with Crippen molar-refractivity contribution in [2.75, 3.05) is 25.6 Å². The molecule has 198 valence electrons. The van der Waals surface area contributed by atoms with Crippen molar-refractivity contribution in [1.29, 1.82) is 5.26 Å². The van der Waals surface area contributed by atoms with E-state index < -0.39 is 17.6 Å². The van der Waals surface area contributed by atoms with Gasteiger partial charge >= 0.3 is 0 Å². The molecule has 0 unspecified atom stereocenters. The minimum Gasteiger partial charge on any atom is -0.493 e. The summed E-state index contributed by atoms with van der Waals surface area (Å²) in [6.45, 7) is 0.0310. The third-order valence-corrected chi connectivity index (χ3v) is 6.35. The summed E-state index contributed by atoms with van der Waals surface area (Å²) in [5, 5.41) is 16.1. The van der Waals surface area contributed by atoms with Gasteiger partial charge < -0.3 is 25.1 Å². The third-order valence-electron chi connectivity index (χ3n) is 5.76. The van der Waals surface area contributed by atoms with E-state index in [1.165, 1.54) is 37.5 Å². The van der Waals surface area contributed by atoms with Crippen molar-refractivity contribution in [3.8, 4) is 17.6 Å². The number of methoxy groups -OCH3 is 1. The molecule has 0 spiro atoms. The Kier molecular flexibility index (Phi) is 8.97. The number of H-pyrrole nitrogens is 1. The summed E-state index contributed by atoms with van der Waals surface area (Å²) in [5.41, 5.74) is 2.97. The molecular formula is C29H24BrFN4O4. The number of amides is 2. The maximum absolute atomic E-state index is 13.1. The van der Waals surface area contributed by atoms with Crippen molar-refractivity contribution in [3.05, 3.63) is 93.9 Å². The number of ether oxygens (including phenoxy) is 2. The van der Waals surface area contributed by atoms with Crippen molar-refractivity contribution in [1.82, 2.24) is 10.3 Å². The first-order valence-electron chi connectivity index (χ1n) is 11.9. The molecule has 4 rings (SSSR count). The zero-order chi connectivity index (χ0) is 27.8. The van der Waals surface area contributed by atoms with Crippen LogP contribution in [0.25, 0.3) is 17.0 Å². The average Bonchev–Trinajstić information content (AvgIpc) is 3.35. The lowest BCUT2D eigenvalue weighted by molar-refractivity contribution is -0.118. The highest BCUT2D eigenvalue weighted by atomic mass is 79.9. The lowest BCUT2D eigenvalue weighted by atomic mass is 10.1. The van der Waals surface area contributed by atoms with Gasteiger partial charge in [-0.25, -0.2) is 4.39 Å². The number of halogens is 2. The molecule has 3 aromatic carbocycles. The molecular weight excluding hydrogens is 567 g/mol. The van der Waals surface area contributed by atoms with Crippen molar-refractivity contribution < 1.29 is 23.5 Å². The second kappa shape index (κ2) is 12.8. The van der Waals surface area contributed by atoms with Crippen molar-refractivity contribution in [3.63, 3.8) is 0 Å². The molecule has 1 aromatic heterocycles. The summed E-state index contributed by atoms with van der Waals surface area (Å²) in [5.74, 6) is -0.789. The maximum atomic E-state index is 13.1. The molecule has 2 amide bonds. The summed E-state index contributed by atoms with van der Waals surface area (Å²) < 4.78 is 24.6. The predicted molar refractivity (Wildman–Crippen MR) is 150 cm³/mol. The van der Waals surface area contributed by atoms with Crippen LogP contribution in [0.3, 0.4) is 0 Å². The Bertz CT molecular complexity index is 1570. The van der Waals surface area contributed by atoms with Crippen LogP contribution in [0.15, 0.2) is 76.9 Å². The van der Waals surface area contributed by atoms with E-state index in [1.54, 1.807) is 12.1 Å². The second-order valence-electron chi connectivity index (χ2n) is 8.41. The molecule has 0 radical (unpaired) electrons. The Labute approximate surface area is 232 Å². The molecule has 0 fully saturated rings. The Hall–Kier alpha value is -4.62. The van der Waals surface area contributed by atoms with Gasteiger partial charge in [-0.15, -0.1) is 0 Å². The van der Waals surface area contributed by atoms with Crippen LogP contribution in [0.1, 0.15) is 11.1 Å². The molecule has 39 heavy (non-hydrogen) atoms. The van der Waals surface area contributed by atoms with E-state index in [2.05, 4.69) is 31.5 Å². The zero-order valence-electron chi connectivity index (χ0n) is 20.9. The summed E-state index contributed by atoms with van der Waals surface area (Å²) in [6.07, 6.45) is 3.96. The SMILES string of the molecule is COc1cc(/C=C(/C#N)C(=O)NCCc2c[nH]c3ccccc23)cc(Br)c1OCC(=O)Nc1ccc(F)cc1. The van der Waals surface area contributed by atoms with Crippen molar-refractivity contribution in [2.45, 2.75) is 6.42 Å². The molecule has 1 heterocycles. The monoisotopic (exact) mass is 590 g/mol. The Morgan fingerprint density at radius 2 is 1.92 bits per heavy atom. The van der Waals surface area contributed by atoms with Crippen LogP contribution in [-0.2, 0) is 16.0 Å². The Morgan fingerprint density at radius 3 is 2.67 bits per heavy atom. The van der Waals surface area contributed by atoms with Crippen LogP contribution in [-0.4, -0.2) is 37.1 Å². The second-order valence-corrected chi connectivity index (χ2v) is 9.27. The minimum absolute atomic E-state index is 0.0739. The first kappa shape index (κ1) is 27.4. The molecule has 0 bridgehead atoms. The van der Waals surface area contributed by atoms with Gasteiger partial charge in [0.05, 0.1) is 11.6 Å². The highest BCUT2D eigenvalue weighted by Crippen LogP contribution is 2.37. The minimum atomic E-state index is -0.495. The van der Waals surface area contributed by atoms with Crippen molar-refractivity contribution >= 4 is 50.4 Å². The van der Waals surface area contributed by atoms with E-state index >= 15 is 0 Å². The number of aromatic amines is 1. The lowest BCUT2D eigenvalue weighted by Gasteiger charge is -2.14. The van der Waals surface area contributed by atoms with E-state index in [1.807, 2.05) is 36.5 Å². The first-order valence-corrected chi connectivity index (χ1v) is 12.7. The molecule has 0 aliphatic heterocycles.